The van der Waals surface area contributed by atoms with E-state index in [1.807, 2.05) is 91.0 Å². The Hall–Kier alpha value is -3.10. The minimum Gasteiger partial charge on any atom is -0.457 e. The second-order valence-electron chi connectivity index (χ2n) is 13.0. The van der Waals surface area contributed by atoms with Gasteiger partial charge in [-0.2, -0.15) is 0 Å². The lowest BCUT2D eigenvalue weighted by Gasteiger charge is -2.37. The number of esters is 1. The summed E-state index contributed by atoms with van der Waals surface area (Å²) >= 11 is 0. The zero-order valence-corrected chi connectivity index (χ0v) is 31.4. The molecule has 0 bridgehead atoms. The van der Waals surface area contributed by atoms with Crippen LogP contribution in [0.2, 0.25) is 0 Å². The van der Waals surface area contributed by atoms with E-state index in [1.165, 1.54) is 44.9 Å². The van der Waals surface area contributed by atoms with Gasteiger partial charge in [-0.05, 0) is 48.8 Å². The summed E-state index contributed by atoms with van der Waals surface area (Å²) in [6.45, 7) is 1.32. The maximum Gasteiger partial charge on any atom is 0.472 e. The van der Waals surface area contributed by atoms with E-state index in [-0.39, 0.29) is 19.6 Å². The van der Waals surface area contributed by atoms with Gasteiger partial charge >= 0.3 is 13.8 Å². The van der Waals surface area contributed by atoms with E-state index in [0.29, 0.717) is 6.42 Å². The predicted octanol–water partition coefficient (Wildman–Crippen LogP) is 9.64. The number of carbonyl (C=O) groups excluding carboxylic acids is 1. The van der Waals surface area contributed by atoms with Crippen LogP contribution in [0.1, 0.15) is 114 Å². The van der Waals surface area contributed by atoms with Gasteiger partial charge < -0.3 is 14.7 Å². The number of phosphoric ester groups is 1. The third-order valence-corrected chi connectivity index (χ3v) is 9.92. The van der Waals surface area contributed by atoms with Gasteiger partial charge in [-0.1, -0.05) is 161 Å². The first-order chi connectivity index (χ1) is 24.9. The fourth-order valence-electron chi connectivity index (χ4n) is 6.19. The molecule has 3 rings (SSSR count). The Balaban J connectivity index is 1.36. The van der Waals surface area contributed by atoms with Gasteiger partial charge in [0.2, 0.25) is 0 Å². The van der Waals surface area contributed by atoms with Gasteiger partial charge in [-0.25, -0.2) is 4.57 Å². The van der Waals surface area contributed by atoms with Crippen molar-refractivity contribution < 1.29 is 33.1 Å². The molecular weight excluding hydrogens is 661 g/mol. The molecule has 9 heteroatoms. The summed E-state index contributed by atoms with van der Waals surface area (Å²) in [6.07, 6.45) is 18.9. The van der Waals surface area contributed by atoms with Gasteiger partial charge in [0.25, 0.3) is 0 Å². The predicted molar refractivity (Wildman–Crippen MR) is 205 cm³/mol. The van der Waals surface area contributed by atoms with Crippen LogP contribution >= 0.6 is 7.82 Å². The number of hydrogen-bond donors (Lipinski definition) is 3. The summed E-state index contributed by atoms with van der Waals surface area (Å²) in [4.78, 5) is 22.7. The highest BCUT2D eigenvalue weighted by atomic mass is 31.2. The molecule has 0 aliphatic heterocycles. The number of rotatable bonds is 28. The lowest BCUT2D eigenvalue weighted by Crippen LogP contribution is -2.46. The molecule has 280 valence electrons. The van der Waals surface area contributed by atoms with Crippen LogP contribution < -0.4 is 5.32 Å². The third-order valence-electron chi connectivity index (χ3n) is 8.94. The highest BCUT2D eigenvalue weighted by Crippen LogP contribution is 2.43. The summed E-state index contributed by atoms with van der Waals surface area (Å²) in [5, 5.41) is 13.3. The summed E-state index contributed by atoms with van der Waals surface area (Å²) < 4.78 is 28.5. The molecule has 2 atom stereocenters. The van der Waals surface area contributed by atoms with Crippen LogP contribution in [0.4, 0.5) is 0 Å². The van der Waals surface area contributed by atoms with Gasteiger partial charge in [0.1, 0.15) is 6.10 Å². The quantitative estimate of drug-likeness (QED) is 0.0223. The maximum absolute atomic E-state index is 12.7. The minimum atomic E-state index is -4.50. The fraction of sp³-hybridized carbons (Fsp3) is 0.500. The Kier molecular flexibility index (Phi) is 20.7. The molecule has 3 N–H and O–H groups in total. The van der Waals surface area contributed by atoms with Gasteiger partial charge in [-0.3, -0.25) is 19.2 Å². The van der Waals surface area contributed by atoms with Crippen LogP contribution in [0.5, 0.6) is 0 Å². The number of aliphatic hydroxyl groups excluding tert-OH is 1. The third kappa shape index (κ3) is 16.0. The van der Waals surface area contributed by atoms with E-state index >= 15 is 0 Å². The maximum atomic E-state index is 12.7. The number of benzene rings is 3. The molecule has 3 aromatic carbocycles. The first kappa shape index (κ1) is 42.3. The smallest absolute Gasteiger partial charge is 0.457 e. The molecule has 0 amide bonds. The molecule has 0 aliphatic carbocycles. The summed E-state index contributed by atoms with van der Waals surface area (Å²) in [6, 6.07) is 30.0. The van der Waals surface area contributed by atoms with E-state index in [1.54, 1.807) is 0 Å². The standard InChI is InChI=1S/C42H60NO7P/c1-2-3-4-5-6-7-8-9-10-11-12-13-14-15-25-32-41(45)50-40(35-44)36-49-51(46,47)48-34-33-43-42(37-26-19-16-20-27-37,38-28-21-17-22-29-38)39-30-23-18-24-31-39/h9-10,16-24,26-31,40,43-44H,2-8,11-15,25,32-36H2,1H3,(H,46,47)/t40-/m0/s1. The number of phosphoric acid groups is 1. The molecule has 0 spiro atoms. The summed E-state index contributed by atoms with van der Waals surface area (Å²) in [5.74, 6) is -0.466. The molecule has 0 fully saturated rings. The zero-order valence-electron chi connectivity index (χ0n) is 30.5. The molecule has 0 saturated carbocycles. The van der Waals surface area contributed by atoms with Crippen molar-refractivity contribution in [2.45, 2.75) is 108 Å². The second-order valence-corrected chi connectivity index (χ2v) is 14.5. The zero-order chi connectivity index (χ0) is 36.5. The first-order valence-electron chi connectivity index (χ1n) is 18.9. The summed E-state index contributed by atoms with van der Waals surface area (Å²) in [7, 11) is -4.50. The van der Waals surface area contributed by atoms with Crippen LogP contribution in [-0.4, -0.2) is 48.4 Å². The van der Waals surface area contributed by atoms with Gasteiger partial charge in [0.15, 0.2) is 0 Å². The lowest BCUT2D eigenvalue weighted by atomic mass is 9.77. The van der Waals surface area contributed by atoms with Crippen molar-refractivity contribution in [2.75, 3.05) is 26.4 Å². The van der Waals surface area contributed by atoms with Crippen LogP contribution in [0, 0.1) is 0 Å². The highest BCUT2D eigenvalue weighted by Gasteiger charge is 2.36. The van der Waals surface area contributed by atoms with Crippen LogP contribution in [0.15, 0.2) is 103 Å². The van der Waals surface area contributed by atoms with E-state index in [0.717, 1.165) is 48.8 Å². The van der Waals surface area contributed by atoms with Crippen molar-refractivity contribution in [2.24, 2.45) is 0 Å². The van der Waals surface area contributed by atoms with E-state index < -0.39 is 38.6 Å². The molecule has 0 radical (unpaired) electrons. The monoisotopic (exact) mass is 721 g/mol. The Morgan fingerprint density at radius 1 is 0.725 bits per heavy atom. The SMILES string of the molecule is CCCCCCCCC=CCCCCCCCC(=O)O[C@@H](CO)COP(=O)(O)OCCNC(c1ccccc1)(c1ccccc1)c1ccccc1. The molecule has 0 aromatic heterocycles. The van der Waals surface area contributed by atoms with E-state index in [4.69, 9.17) is 13.8 Å². The molecule has 0 aliphatic rings. The summed E-state index contributed by atoms with van der Waals surface area (Å²) in [5.41, 5.74) is 2.24. The molecule has 3 aromatic rings. The number of aliphatic hydroxyl groups is 1. The van der Waals surface area contributed by atoms with E-state index in [2.05, 4.69) is 24.4 Å². The number of ether oxygens (including phenoxy) is 1. The van der Waals surface area contributed by atoms with Crippen molar-refractivity contribution in [1.29, 1.82) is 0 Å². The van der Waals surface area contributed by atoms with Crippen molar-refractivity contribution >= 4 is 13.8 Å². The number of carbonyl (C=O) groups is 1. The first-order valence-corrected chi connectivity index (χ1v) is 20.4. The van der Waals surface area contributed by atoms with Crippen molar-refractivity contribution in [3.8, 4) is 0 Å². The normalized spacial score (nSPS) is 13.6. The lowest BCUT2D eigenvalue weighted by molar-refractivity contribution is -0.153. The molecule has 51 heavy (non-hydrogen) atoms. The number of nitrogens with one attached hydrogen (secondary N) is 1. The Morgan fingerprint density at radius 3 is 1.69 bits per heavy atom. The molecule has 8 nitrogen and oxygen atoms in total. The average Bonchev–Trinajstić information content (AvgIpc) is 3.16. The molecule has 0 saturated heterocycles. The largest absolute Gasteiger partial charge is 0.472 e. The molecule has 1 unspecified atom stereocenters. The molecule has 0 heterocycles. The van der Waals surface area contributed by atoms with Gasteiger partial charge in [0, 0.05) is 13.0 Å². The highest BCUT2D eigenvalue weighted by molar-refractivity contribution is 7.47. The van der Waals surface area contributed by atoms with Crippen LogP contribution in [-0.2, 0) is 28.7 Å². The van der Waals surface area contributed by atoms with Crippen LogP contribution in [0.3, 0.4) is 0 Å². The molecular formula is C42H60NO7P. The fourth-order valence-corrected chi connectivity index (χ4v) is 6.94. The van der Waals surface area contributed by atoms with Crippen molar-refractivity contribution in [3.63, 3.8) is 0 Å². The Morgan fingerprint density at radius 2 is 1.20 bits per heavy atom. The van der Waals surface area contributed by atoms with Crippen molar-refractivity contribution in [1.82, 2.24) is 5.32 Å². The van der Waals surface area contributed by atoms with Gasteiger partial charge in [0.05, 0.1) is 25.4 Å². The second kappa shape index (κ2) is 25.0. The number of unbranched alkanes of at least 4 members (excludes halogenated alkanes) is 11. The average molecular weight is 722 g/mol. The number of hydrogen-bond acceptors (Lipinski definition) is 7. The van der Waals surface area contributed by atoms with Crippen LogP contribution in [0.25, 0.3) is 0 Å². The Bertz CT molecular complexity index is 1310. The topological polar surface area (TPSA) is 114 Å². The van der Waals surface area contributed by atoms with Gasteiger partial charge in [-0.15, -0.1) is 0 Å². The number of allylic oxidation sites excluding steroid dienone is 2. The van der Waals surface area contributed by atoms with Crippen molar-refractivity contribution in [3.05, 3.63) is 120 Å². The minimum absolute atomic E-state index is 0.138. The van der Waals surface area contributed by atoms with E-state index in [9.17, 15) is 19.4 Å². The Labute approximate surface area is 306 Å².